The van der Waals surface area contributed by atoms with E-state index in [1.165, 1.54) is 18.2 Å². The van der Waals surface area contributed by atoms with Gasteiger partial charge in [-0.3, -0.25) is 9.48 Å². The van der Waals surface area contributed by atoms with Crippen LogP contribution in [0.4, 0.5) is 4.39 Å². The van der Waals surface area contributed by atoms with Crippen molar-refractivity contribution in [3.63, 3.8) is 0 Å². The van der Waals surface area contributed by atoms with Gasteiger partial charge in [-0.25, -0.2) is 4.39 Å². The number of aromatic nitrogens is 2. The highest BCUT2D eigenvalue weighted by molar-refractivity contribution is 5.94. The lowest BCUT2D eigenvalue weighted by molar-refractivity contribution is 0.0951. The Hall–Kier alpha value is -2.17. The van der Waals surface area contributed by atoms with Crippen LogP contribution < -0.4 is 5.32 Å². The van der Waals surface area contributed by atoms with E-state index in [-0.39, 0.29) is 5.91 Å². The summed E-state index contributed by atoms with van der Waals surface area (Å²) in [6.45, 7) is 4.95. The monoisotopic (exact) mass is 261 g/mol. The molecule has 0 unspecified atom stereocenters. The third-order valence-corrected chi connectivity index (χ3v) is 2.80. The molecule has 2 rings (SSSR count). The molecule has 0 bridgehead atoms. The molecule has 1 aromatic carbocycles. The Morgan fingerprint density at radius 3 is 2.79 bits per heavy atom. The Kier molecular flexibility index (Phi) is 3.94. The Labute approximate surface area is 111 Å². The van der Waals surface area contributed by atoms with Gasteiger partial charge < -0.3 is 5.32 Å². The molecular weight excluding hydrogens is 245 g/mol. The van der Waals surface area contributed by atoms with E-state index in [1.807, 2.05) is 24.6 Å². The van der Waals surface area contributed by atoms with Crippen LogP contribution in [-0.2, 0) is 6.54 Å². The fourth-order valence-electron chi connectivity index (χ4n) is 1.91. The number of nitrogens with zero attached hydrogens (tertiary/aromatic N) is 2. The van der Waals surface area contributed by atoms with Crippen molar-refractivity contribution in [2.24, 2.45) is 0 Å². The van der Waals surface area contributed by atoms with Gasteiger partial charge in [-0.1, -0.05) is 6.07 Å². The molecule has 0 saturated heterocycles. The number of amides is 1. The minimum atomic E-state index is -0.411. The molecule has 0 aliphatic rings. The quantitative estimate of drug-likeness (QED) is 0.915. The zero-order chi connectivity index (χ0) is 13.8. The van der Waals surface area contributed by atoms with Gasteiger partial charge >= 0.3 is 0 Å². The molecule has 0 radical (unpaired) electrons. The summed E-state index contributed by atoms with van der Waals surface area (Å²) in [6.07, 6.45) is 0. The summed E-state index contributed by atoms with van der Waals surface area (Å²) in [5.41, 5.74) is 2.33. The van der Waals surface area contributed by atoms with Crippen LogP contribution in [0.5, 0.6) is 0 Å². The first-order valence-electron chi connectivity index (χ1n) is 6.11. The zero-order valence-electron chi connectivity index (χ0n) is 11.0. The summed E-state index contributed by atoms with van der Waals surface area (Å²) < 4.78 is 14.8. The minimum absolute atomic E-state index is 0.277. The van der Waals surface area contributed by atoms with Crippen molar-refractivity contribution in [2.45, 2.75) is 20.4 Å². The number of aryl methyl sites for hydroxylation is 2. The normalized spacial score (nSPS) is 10.5. The number of hydrogen-bond acceptors (Lipinski definition) is 2. The first kappa shape index (κ1) is 13.3. The average Bonchev–Trinajstić information content (AvgIpc) is 2.68. The predicted molar refractivity (Wildman–Crippen MR) is 70.4 cm³/mol. The molecule has 5 heteroatoms. The number of carbonyl (C=O) groups is 1. The maximum Gasteiger partial charge on any atom is 0.251 e. The molecule has 4 nitrogen and oxygen atoms in total. The second-order valence-electron chi connectivity index (χ2n) is 4.42. The lowest BCUT2D eigenvalue weighted by atomic mass is 10.2. The van der Waals surface area contributed by atoms with E-state index < -0.39 is 5.82 Å². The van der Waals surface area contributed by atoms with Gasteiger partial charge in [0.25, 0.3) is 5.91 Å². The van der Waals surface area contributed by atoms with E-state index in [4.69, 9.17) is 0 Å². The summed E-state index contributed by atoms with van der Waals surface area (Å²) in [5, 5.41) is 7.04. The number of benzene rings is 1. The van der Waals surface area contributed by atoms with Gasteiger partial charge in [0, 0.05) is 17.8 Å². The van der Waals surface area contributed by atoms with E-state index in [1.54, 1.807) is 6.07 Å². The molecule has 0 fully saturated rings. The Balaban J connectivity index is 1.89. The molecule has 0 aliphatic heterocycles. The second kappa shape index (κ2) is 5.65. The third kappa shape index (κ3) is 3.40. The summed E-state index contributed by atoms with van der Waals surface area (Å²) in [6, 6.07) is 7.62. The van der Waals surface area contributed by atoms with E-state index in [9.17, 15) is 9.18 Å². The molecular formula is C14H16FN3O. The lowest BCUT2D eigenvalue weighted by Gasteiger charge is -2.07. The van der Waals surface area contributed by atoms with Gasteiger partial charge in [-0.05, 0) is 38.1 Å². The third-order valence-electron chi connectivity index (χ3n) is 2.80. The van der Waals surface area contributed by atoms with Crippen LogP contribution in [0.15, 0.2) is 30.3 Å². The van der Waals surface area contributed by atoms with Crippen molar-refractivity contribution in [3.8, 4) is 0 Å². The molecule has 0 atom stereocenters. The molecule has 1 N–H and O–H groups in total. The maximum absolute atomic E-state index is 13.0. The highest BCUT2D eigenvalue weighted by Gasteiger charge is 2.06. The molecule has 1 heterocycles. The van der Waals surface area contributed by atoms with Crippen molar-refractivity contribution in [1.29, 1.82) is 0 Å². The largest absolute Gasteiger partial charge is 0.350 e. The number of nitrogens with one attached hydrogen (secondary N) is 1. The fraction of sp³-hybridized carbons (Fsp3) is 0.286. The fourth-order valence-corrected chi connectivity index (χ4v) is 1.91. The van der Waals surface area contributed by atoms with Crippen LogP contribution >= 0.6 is 0 Å². The predicted octanol–water partition coefficient (Wildman–Crippen LogP) is 2.07. The van der Waals surface area contributed by atoms with Crippen LogP contribution in [0, 0.1) is 19.7 Å². The topological polar surface area (TPSA) is 46.9 Å². The smallest absolute Gasteiger partial charge is 0.251 e. The number of carbonyl (C=O) groups excluding carboxylic acids is 1. The number of hydrogen-bond donors (Lipinski definition) is 1. The second-order valence-corrected chi connectivity index (χ2v) is 4.42. The van der Waals surface area contributed by atoms with Crippen LogP contribution in [-0.4, -0.2) is 22.2 Å². The first-order valence-corrected chi connectivity index (χ1v) is 6.11. The van der Waals surface area contributed by atoms with Crippen LogP contribution in [0.1, 0.15) is 21.7 Å². The molecule has 0 spiro atoms. The van der Waals surface area contributed by atoms with Gasteiger partial charge in [-0.15, -0.1) is 0 Å². The summed E-state index contributed by atoms with van der Waals surface area (Å²) in [5.74, 6) is -0.688. The minimum Gasteiger partial charge on any atom is -0.350 e. The van der Waals surface area contributed by atoms with Gasteiger partial charge in [-0.2, -0.15) is 5.10 Å². The Morgan fingerprint density at radius 2 is 2.16 bits per heavy atom. The summed E-state index contributed by atoms with van der Waals surface area (Å²) in [7, 11) is 0. The van der Waals surface area contributed by atoms with Crippen molar-refractivity contribution in [1.82, 2.24) is 15.1 Å². The molecule has 0 aliphatic carbocycles. The molecule has 1 aromatic heterocycles. The standard InChI is InChI=1S/C14H16FN3O/c1-10-8-11(2)18(17-10)7-6-16-14(19)12-4-3-5-13(15)9-12/h3-5,8-9H,6-7H2,1-2H3,(H,16,19). The van der Waals surface area contributed by atoms with E-state index in [0.717, 1.165) is 11.4 Å². The Bertz CT molecular complexity index is 592. The van der Waals surface area contributed by atoms with Crippen molar-refractivity contribution in [3.05, 3.63) is 53.1 Å². The van der Waals surface area contributed by atoms with Crippen LogP contribution in [0.25, 0.3) is 0 Å². The van der Waals surface area contributed by atoms with Gasteiger partial charge in [0.15, 0.2) is 0 Å². The zero-order valence-corrected chi connectivity index (χ0v) is 11.0. The Morgan fingerprint density at radius 1 is 1.37 bits per heavy atom. The van der Waals surface area contributed by atoms with Crippen molar-refractivity contribution in [2.75, 3.05) is 6.54 Å². The average molecular weight is 261 g/mol. The molecule has 1 amide bonds. The van der Waals surface area contributed by atoms with Crippen molar-refractivity contribution < 1.29 is 9.18 Å². The van der Waals surface area contributed by atoms with E-state index in [2.05, 4.69) is 10.4 Å². The maximum atomic E-state index is 13.0. The molecule has 2 aromatic rings. The lowest BCUT2D eigenvalue weighted by Crippen LogP contribution is -2.27. The molecule has 100 valence electrons. The van der Waals surface area contributed by atoms with Crippen LogP contribution in [0.3, 0.4) is 0 Å². The van der Waals surface area contributed by atoms with Crippen LogP contribution in [0.2, 0.25) is 0 Å². The van der Waals surface area contributed by atoms with Gasteiger partial charge in [0.2, 0.25) is 0 Å². The molecule has 0 saturated carbocycles. The summed E-state index contributed by atoms with van der Waals surface area (Å²) >= 11 is 0. The van der Waals surface area contributed by atoms with E-state index >= 15 is 0 Å². The highest BCUT2D eigenvalue weighted by atomic mass is 19.1. The number of halogens is 1. The summed E-state index contributed by atoms with van der Waals surface area (Å²) in [4.78, 5) is 11.8. The van der Waals surface area contributed by atoms with Gasteiger partial charge in [0.1, 0.15) is 5.82 Å². The van der Waals surface area contributed by atoms with E-state index in [0.29, 0.717) is 18.7 Å². The first-order chi connectivity index (χ1) is 9.06. The van der Waals surface area contributed by atoms with Crippen molar-refractivity contribution >= 4 is 5.91 Å². The number of rotatable bonds is 4. The molecule has 19 heavy (non-hydrogen) atoms. The highest BCUT2D eigenvalue weighted by Crippen LogP contribution is 2.03. The van der Waals surface area contributed by atoms with Gasteiger partial charge in [0.05, 0.1) is 12.2 Å². The SMILES string of the molecule is Cc1cc(C)n(CCNC(=O)c2cccc(F)c2)n1.